The third kappa shape index (κ3) is 4.28. The molecule has 4 nitrogen and oxygen atoms in total. The maximum Gasteiger partial charge on any atom is 0.306 e. The molecule has 0 aromatic heterocycles. The van der Waals surface area contributed by atoms with E-state index >= 15 is 0 Å². The van der Waals surface area contributed by atoms with Gasteiger partial charge in [0.05, 0.1) is 19.6 Å². The van der Waals surface area contributed by atoms with E-state index in [4.69, 9.17) is 4.74 Å². The zero-order valence-corrected chi connectivity index (χ0v) is 19.7. The Morgan fingerprint density at radius 3 is 2.71 bits per heavy atom. The van der Waals surface area contributed by atoms with E-state index in [1.54, 1.807) is 0 Å². The molecule has 1 aliphatic carbocycles. The number of aryl methyl sites for hydroxylation is 2. The van der Waals surface area contributed by atoms with Crippen LogP contribution in [0.25, 0.3) is 12.2 Å². The summed E-state index contributed by atoms with van der Waals surface area (Å²) in [5, 5.41) is 0. The molecular weight excluding hydrogens is 422 g/mol. The number of nitrogens with zero attached hydrogens (tertiary/aromatic N) is 1. The summed E-state index contributed by atoms with van der Waals surface area (Å²) in [5.41, 5.74) is 8.74. The Labute approximate surface area is 200 Å². The van der Waals surface area contributed by atoms with Gasteiger partial charge in [0.1, 0.15) is 0 Å². The predicted molar refractivity (Wildman–Crippen MR) is 136 cm³/mol. The summed E-state index contributed by atoms with van der Waals surface area (Å²) in [7, 11) is 0. The molecule has 1 atom stereocenters. The minimum Gasteiger partial charge on any atom is -0.466 e. The van der Waals surface area contributed by atoms with Crippen LogP contribution in [0.1, 0.15) is 69.4 Å². The molecule has 3 aromatic rings. The molecule has 0 fully saturated rings. The Bertz CT molecular complexity index is 1270. The fraction of sp³-hybridized carbons (Fsp3) is 0.267. The average molecular weight is 452 g/mol. The van der Waals surface area contributed by atoms with Crippen molar-refractivity contribution >= 4 is 29.7 Å². The topological polar surface area (TPSA) is 46.6 Å². The van der Waals surface area contributed by atoms with Gasteiger partial charge < -0.3 is 9.64 Å². The van der Waals surface area contributed by atoms with E-state index in [1.807, 2.05) is 55.1 Å². The predicted octanol–water partition coefficient (Wildman–Crippen LogP) is 6.31. The van der Waals surface area contributed by atoms with Crippen LogP contribution in [0.2, 0.25) is 0 Å². The van der Waals surface area contributed by atoms with Crippen molar-refractivity contribution in [3.63, 3.8) is 0 Å². The zero-order chi connectivity index (χ0) is 23.7. The lowest BCUT2D eigenvalue weighted by atomic mass is 9.96. The first-order valence-corrected chi connectivity index (χ1v) is 12.0. The van der Waals surface area contributed by atoms with Gasteiger partial charge in [-0.3, -0.25) is 9.59 Å². The van der Waals surface area contributed by atoms with E-state index in [0.29, 0.717) is 19.6 Å². The van der Waals surface area contributed by atoms with Crippen LogP contribution in [0.15, 0.2) is 60.7 Å². The van der Waals surface area contributed by atoms with Crippen LogP contribution < -0.4 is 4.90 Å². The highest BCUT2D eigenvalue weighted by molar-refractivity contribution is 6.10. The third-order valence-corrected chi connectivity index (χ3v) is 6.89. The van der Waals surface area contributed by atoms with Crippen molar-refractivity contribution in [2.75, 3.05) is 11.5 Å². The fourth-order valence-electron chi connectivity index (χ4n) is 5.09. The first-order chi connectivity index (χ1) is 16.5. The van der Waals surface area contributed by atoms with Gasteiger partial charge in [-0.1, -0.05) is 60.2 Å². The second-order valence-corrected chi connectivity index (χ2v) is 9.14. The lowest BCUT2D eigenvalue weighted by Gasteiger charge is -2.16. The standard InChI is InChI=1S/C30H29NO3/c1-3-34-29(32)18-24-13-12-23-17-21(10-16-26(23)24)9-11-22-5-4-6-27-28(22)19-31(30(27)33)25-14-7-20(2)8-15-25/h4-11,14-17,24H,3,12-13,18-19H2,1-2H3/b11-9+. The van der Waals surface area contributed by atoms with Crippen molar-refractivity contribution in [3.8, 4) is 0 Å². The second kappa shape index (κ2) is 9.30. The number of carbonyl (C=O) groups excluding carboxylic acids is 2. The summed E-state index contributed by atoms with van der Waals surface area (Å²) >= 11 is 0. The molecule has 4 heteroatoms. The molecule has 0 saturated heterocycles. The number of carbonyl (C=O) groups is 2. The summed E-state index contributed by atoms with van der Waals surface area (Å²) in [6, 6.07) is 20.5. The number of rotatable bonds is 6. The highest BCUT2D eigenvalue weighted by atomic mass is 16.5. The first kappa shape index (κ1) is 22.1. The highest BCUT2D eigenvalue weighted by Gasteiger charge is 2.30. The third-order valence-electron chi connectivity index (χ3n) is 6.89. The van der Waals surface area contributed by atoms with Crippen molar-refractivity contribution in [3.05, 3.63) is 99.6 Å². The van der Waals surface area contributed by atoms with Crippen molar-refractivity contribution in [1.29, 1.82) is 0 Å². The van der Waals surface area contributed by atoms with Gasteiger partial charge in [0.2, 0.25) is 0 Å². The SMILES string of the molecule is CCOC(=O)CC1CCc2cc(/C=C/c3cccc4c3CN(c3ccc(C)cc3)C4=O)ccc21. The summed E-state index contributed by atoms with van der Waals surface area (Å²) in [5.74, 6) is 0.194. The Morgan fingerprint density at radius 1 is 1.09 bits per heavy atom. The summed E-state index contributed by atoms with van der Waals surface area (Å²) in [6.07, 6.45) is 6.66. The van der Waals surface area contributed by atoms with Gasteiger partial charge in [0.25, 0.3) is 5.91 Å². The molecule has 0 radical (unpaired) electrons. The molecule has 1 aliphatic heterocycles. The highest BCUT2D eigenvalue weighted by Crippen LogP contribution is 2.37. The zero-order valence-electron chi connectivity index (χ0n) is 19.7. The molecule has 0 saturated carbocycles. The molecule has 1 amide bonds. The summed E-state index contributed by atoms with van der Waals surface area (Å²) in [6.45, 7) is 4.90. The van der Waals surface area contributed by atoms with Crippen molar-refractivity contribution < 1.29 is 14.3 Å². The minimum absolute atomic E-state index is 0.0549. The smallest absolute Gasteiger partial charge is 0.306 e. The van der Waals surface area contributed by atoms with Gasteiger partial charge in [-0.05, 0) is 78.6 Å². The molecule has 3 aromatic carbocycles. The lowest BCUT2D eigenvalue weighted by Crippen LogP contribution is -2.22. The van der Waals surface area contributed by atoms with Crippen LogP contribution in [0.5, 0.6) is 0 Å². The molecule has 2 aliphatic rings. The van der Waals surface area contributed by atoms with Crippen molar-refractivity contribution in [1.82, 2.24) is 0 Å². The van der Waals surface area contributed by atoms with Gasteiger partial charge in [-0.2, -0.15) is 0 Å². The maximum absolute atomic E-state index is 13.1. The number of anilines is 1. The molecular formula is C30H29NO3. The van der Waals surface area contributed by atoms with Gasteiger partial charge in [-0.15, -0.1) is 0 Å². The van der Waals surface area contributed by atoms with Gasteiger partial charge in [0.15, 0.2) is 0 Å². The number of hydrogen-bond acceptors (Lipinski definition) is 3. The molecule has 0 spiro atoms. The van der Waals surface area contributed by atoms with E-state index in [2.05, 4.69) is 36.4 Å². The quantitative estimate of drug-likeness (QED) is 0.326. The minimum atomic E-state index is -0.114. The van der Waals surface area contributed by atoms with E-state index in [-0.39, 0.29) is 17.8 Å². The summed E-state index contributed by atoms with van der Waals surface area (Å²) in [4.78, 5) is 26.8. The van der Waals surface area contributed by atoms with E-state index in [0.717, 1.165) is 40.8 Å². The van der Waals surface area contributed by atoms with Crippen LogP contribution >= 0.6 is 0 Å². The number of esters is 1. The average Bonchev–Trinajstić information content (AvgIpc) is 3.39. The van der Waals surface area contributed by atoms with Gasteiger partial charge in [-0.25, -0.2) is 0 Å². The Balaban J connectivity index is 1.35. The van der Waals surface area contributed by atoms with Crippen LogP contribution in [0, 0.1) is 6.92 Å². The monoisotopic (exact) mass is 451 g/mol. The molecule has 172 valence electrons. The van der Waals surface area contributed by atoms with Crippen LogP contribution in [0.4, 0.5) is 5.69 Å². The van der Waals surface area contributed by atoms with Gasteiger partial charge in [0, 0.05) is 11.3 Å². The number of benzene rings is 3. The fourth-order valence-corrected chi connectivity index (χ4v) is 5.09. The van der Waals surface area contributed by atoms with Crippen LogP contribution in [-0.4, -0.2) is 18.5 Å². The Morgan fingerprint density at radius 2 is 1.91 bits per heavy atom. The Hall–Kier alpha value is -3.66. The maximum atomic E-state index is 13.1. The first-order valence-electron chi connectivity index (χ1n) is 12.0. The second-order valence-electron chi connectivity index (χ2n) is 9.14. The number of ether oxygens (including phenoxy) is 1. The van der Waals surface area contributed by atoms with Crippen LogP contribution in [-0.2, 0) is 22.5 Å². The van der Waals surface area contributed by atoms with Crippen molar-refractivity contribution in [2.24, 2.45) is 0 Å². The molecule has 0 bridgehead atoms. The molecule has 0 N–H and O–H groups in total. The van der Waals surface area contributed by atoms with E-state index < -0.39 is 0 Å². The van der Waals surface area contributed by atoms with E-state index in [1.165, 1.54) is 16.7 Å². The lowest BCUT2D eigenvalue weighted by molar-refractivity contribution is -0.143. The van der Waals surface area contributed by atoms with E-state index in [9.17, 15) is 9.59 Å². The molecule has 34 heavy (non-hydrogen) atoms. The number of hydrogen-bond donors (Lipinski definition) is 0. The molecule has 1 heterocycles. The summed E-state index contributed by atoms with van der Waals surface area (Å²) < 4.78 is 5.14. The van der Waals surface area contributed by atoms with Gasteiger partial charge >= 0.3 is 5.97 Å². The van der Waals surface area contributed by atoms with Crippen LogP contribution in [0.3, 0.4) is 0 Å². The van der Waals surface area contributed by atoms with Crippen molar-refractivity contribution in [2.45, 2.75) is 45.6 Å². The Kier molecular flexibility index (Phi) is 6.06. The molecule has 1 unspecified atom stereocenters. The number of amides is 1. The largest absolute Gasteiger partial charge is 0.466 e. The molecule has 5 rings (SSSR count). The number of fused-ring (bicyclic) bond motifs is 2. The normalized spacial score (nSPS) is 16.7.